The van der Waals surface area contributed by atoms with Gasteiger partial charge in [-0.3, -0.25) is 4.79 Å². The van der Waals surface area contributed by atoms with Crippen LogP contribution in [-0.2, 0) is 4.79 Å². The number of piperidine rings is 1. The van der Waals surface area contributed by atoms with E-state index in [0.717, 1.165) is 37.1 Å². The van der Waals surface area contributed by atoms with Crippen LogP contribution in [0.2, 0.25) is 0 Å². The van der Waals surface area contributed by atoms with E-state index in [1.807, 2.05) is 19.9 Å². The van der Waals surface area contributed by atoms with Crippen molar-refractivity contribution in [1.82, 2.24) is 5.32 Å². The molecule has 98 valence electrons. The number of aromatic hydroxyl groups is 1. The van der Waals surface area contributed by atoms with E-state index in [1.165, 1.54) is 0 Å². The van der Waals surface area contributed by atoms with E-state index in [-0.39, 0.29) is 17.6 Å². The summed E-state index contributed by atoms with van der Waals surface area (Å²) in [6.45, 7) is 5.49. The van der Waals surface area contributed by atoms with E-state index in [4.69, 9.17) is 0 Å². The zero-order valence-corrected chi connectivity index (χ0v) is 10.9. The minimum atomic E-state index is -0.0116. The van der Waals surface area contributed by atoms with Crippen molar-refractivity contribution < 1.29 is 9.90 Å². The van der Waals surface area contributed by atoms with Gasteiger partial charge in [0.25, 0.3) is 0 Å². The molecule has 1 unspecified atom stereocenters. The number of rotatable bonds is 2. The van der Waals surface area contributed by atoms with Gasteiger partial charge >= 0.3 is 0 Å². The molecule has 2 rings (SSSR count). The van der Waals surface area contributed by atoms with Crippen LogP contribution in [0.25, 0.3) is 0 Å². The summed E-state index contributed by atoms with van der Waals surface area (Å²) in [4.78, 5) is 12.1. The van der Waals surface area contributed by atoms with Crippen molar-refractivity contribution >= 4 is 11.6 Å². The third-order valence-corrected chi connectivity index (χ3v) is 3.37. The maximum absolute atomic E-state index is 12.1. The van der Waals surface area contributed by atoms with Gasteiger partial charge in [0.15, 0.2) is 0 Å². The van der Waals surface area contributed by atoms with E-state index in [2.05, 4.69) is 10.6 Å². The molecule has 0 aromatic heterocycles. The largest absolute Gasteiger partial charge is 0.505 e. The van der Waals surface area contributed by atoms with Crippen molar-refractivity contribution in [2.75, 3.05) is 18.4 Å². The molecule has 1 aliphatic heterocycles. The third kappa shape index (κ3) is 2.82. The molecular weight excluding hydrogens is 228 g/mol. The molecule has 1 amide bonds. The average Bonchev–Trinajstić information content (AvgIpc) is 2.36. The van der Waals surface area contributed by atoms with E-state index in [9.17, 15) is 9.90 Å². The summed E-state index contributed by atoms with van der Waals surface area (Å²) in [6, 6.07) is 3.70. The average molecular weight is 248 g/mol. The highest BCUT2D eigenvalue weighted by Gasteiger charge is 2.21. The van der Waals surface area contributed by atoms with E-state index in [1.54, 1.807) is 6.07 Å². The van der Waals surface area contributed by atoms with E-state index < -0.39 is 0 Å². The number of hydrogen-bond acceptors (Lipinski definition) is 3. The number of phenolic OH excluding ortho intramolecular Hbond substituents is 1. The number of carbonyl (C=O) groups is 1. The second-order valence-electron chi connectivity index (χ2n) is 5.01. The number of phenols is 1. The Morgan fingerprint density at radius 3 is 2.89 bits per heavy atom. The Labute approximate surface area is 107 Å². The van der Waals surface area contributed by atoms with E-state index in [0.29, 0.717) is 5.69 Å². The van der Waals surface area contributed by atoms with Crippen LogP contribution in [0.3, 0.4) is 0 Å². The Bertz CT molecular complexity index is 451. The molecule has 1 saturated heterocycles. The lowest BCUT2D eigenvalue weighted by atomic mass is 9.98. The van der Waals surface area contributed by atoms with Crippen molar-refractivity contribution in [3.63, 3.8) is 0 Å². The standard InChI is InChI=1S/C14H20N2O2/c1-9-6-10(2)13(17)12(7-9)16-14(18)11-4-3-5-15-8-11/h6-7,11,15,17H,3-5,8H2,1-2H3,(H,16,18). The molecule has 1 aliphatic rings. The smallest absolute Gasteiger partial charge is 0.228 e. The van der Waals surface area contributed by atoms with Crippen LogP contribution in [0.4, 0.5) is 5.69 Å². The van der Waals surface area contributed by atoms with E-state index >= 15 is 0 Å². The summed E-state index contributed by atoms with van der Waals surface area (Å²) in [7, 11) is 0. The zero-order valence-electron chi connectivity index (χ0n) is 10.9. The fourth-order valence-electron chi connectivity index (χ4n) is 2.37. The summed E-state index contributed by atoms with van der Waals surface area (Å²) in [5, 5.41) is 16.0. The Balaban J connectivity index is 2.11. The number of amides is 1. The summed E-state index contributed by atoms with van der Waals surface area (Å²) in [5.41, 5.74) is 2.33. The molecule has 1 atom stereocenters. The molecule has 0 saturated carbocycles. The molecule has 18 heavy (non-hydrogen) atoms. The molecule has 0 bridgehead atoms. The number of benzene rings is 1. The van der Waals surface area contributed by atoms with Gasteiger partial charge in [-0.25, -0.2) is 0 Å². The number of carbonyl (C=O) groups excluding carboxylic acids is 1. The quantitative estimate of drug-likeness (QED) is 0.701. The Morgan fingerprint density at radius 2 is 2.22 bits per heavy atom. The normalized spacial score (nSPS) is 19.6. The van der Waals surface area contributed by atoms with Gasteiger partial charge in [0, 0.05) is 6.54 Å². The zero-order chi connectivity index (χ0) is 13.1. The molecular formula is C14H20N2O2. The fourth-order valence-corrected chi connectivity index (χ4v) is 2.37. The lowest BCUT2D eigenvalue weighted by Crippen LogP contribution is -2.37. The van der Waals surface area contributed by atoms with Gasteiger partial charge in [-0.1, -0.05) is 6.07 Å². The molecule has 3 N–H and O–H groups in total. The monoisotopic (exact) mass is 248 g/mol. The molecule has 0 radical (unpaired) electrons. The lowest BCUT2D eigenvalue weighted by molar-refractivity contribution is -0.120. The second kappa shape index (κ2) is 5.40. The lowest BCUT2D eigenvalue weighted by Gasteiger charge is -2.22. The molecule has 1 aromatic rings. The third-order valence-electron chi connectivity index (χ3n) is 3.37. The highest BCUT2D eigenvalue weighted by atomic mass is 16.3. The second-order valence-corrected chi connectivity index (χ2v) is 5.01. The number of aryl methyl sites for hydroxylation is 2. The summed E-state index contributed by atoms with van der Waals surface area (Å²) in [6.07, 6.45) is 1.93. The number of anilines is 1. The first kappa shape index (κ1) is 12.9. The van der Waals surface area contributed by atoms with Gasteiger partial charge < -0.3 is 15.7 Å². The maximum atomic E-state index is 12.1. The first-order valence-corrected chi connectivity index (χ1v) is 6.39. The SMILES string of the molecule is Cc1cc(C)c(O)c(NC(=O)C2CCCNC2)c1. The first-order valence-electron chi connectivity index (χ1n) is 6.39. The Morgan fingerprint density at radius 1 is 1.44 bits per heavy atom. The van der Waals surface area contributed by atoms with Crippen molar-refractivity contribution in [1.29, 1.82) is 0 Å². The predicted octanol–water partition coefficient (Wildman–Crippen LogP) is 1.95. The molecule has 4 nitrogen and oxygen atoms in total. The number of nitrogens with one attached hydrogen (secondary N) is 2. The van der Waals surface area contributed by atoms with Crippen LogP contribution in [0.5, 0.6) is 5.75 Å². The van der Waals surface area contributed by atoms with Crippen LogP contribution < -0.4 is 10.6 Å². The van der Waals surface area contributed by atoms with Gasteiger partial charge in [0.1, 0.15) is 5.75 Å². The van der Waals surface area contributed by atoms with Gasteiger partial charge in [-0.15, -0.1) is 0 Å². The van der Waals surface area contributed by atoms with Crippen molar-refractivity contribution in [3.8, 4) is 5.75 Å². The fraction of sp³-hybridized carbons (Fsp3) is 0.500. The molecule has 1 aromatic carbocycles. The van der Waals surface area contributed by atoms with Gasteiger partial charge in [0.2, 0.25) is 5.91 Å². The van der Waals surface area contributed by atoms with Crippen LogP contribution in [0, 0.1) is 19.8 Å². The molecule has 0 spiro atoms. The van der Waals surface area contributed by atoms with Crippen LogP contribution in [0.1, 0.15) is 24.0 Å². The van der Waals surface area contributed by atoms with Crippen LogP contribution >= 0.6 is 0 Å². The highest BCUT2D eigenvalue weighted by Crippen LogP contribution is 2.29. The molecule has 1 fully saturated rings. The van der Waals surface area contributed by atoms with Gasteiger partial charge in [-0.05, 0) is 50.4 Å². The summed E-state index contributed by atoms with van der Waals surface area (Å²) < 4.78 is 0. The van der Waals surface area contributed by atoms with Crippen molar-refractivity contribution in [2.24, 2.45) is 5.92 Å². The maximum Gasteiger partial charge on any atom is 0.228 e. The topological polar surface area (TPSA) is 61.4 Å². The van der Waals surface area contributed by atoms with Crippen LogP contribution in [0.15, 0.2) is 12.1 Å². The summed E-state index contributed by atoms with van der Waals surface area (Å²) in [5.74, 6) is 0.152. The minimum absolute atomic E-state index is 0.000955. The molecule has 1 heterocycles. The summed E-state index contributed by atoms with van der Waals surface area (Å²) >= 11 is 0. The van der Waals surface area contributed by atoms with Gasteiger partial charge in [-0.2, -0.15) is 0 Å². The Hall–Kier alpha value is -1.55. The minimum Gasteiger partial charge on any atom is -0.505 e. The Kier molecular flexibility index (Phi) is 3.87. The molecule has 0 aliphatic carbocycles. The van der Waals surface area contributed by atoms with Crippen molar-refractivity contribution in [2.45, 2.75) is 26.7 Å². The van der Waals surface area contributed by atoms with Crippen molar-refractivity contribution in [3.05, 3.63) is 23.3 Å². The highest BCUT2D eigenvalue weighted by molar-refractivity contribution is 5.94. The van der Waals surface area contributed by atoms with Crippen LogP contribution in [-0.4, -0.2) is 24.1 Å². The predicted molar refractivity (Wildman–Crippen MR) is 71.8 cm³/mol. The molecule has 4 heteroatoms. The number of hydrogen-bond donors (Lipinski definition) is 3. The van der Waals surface area contributed by atoms with Gasteiger partial charge in [0.05, 0.1) is 11.6 Å². The first-order chi connectivity index (χ1) is 8.58.